The minimum absolute atomic E-state index is 0.372. The standard InChI is InChI=1S/C22H22N4O3/c1-29-17-9-6-8-16(13-17)25-22(28)26-19-11-4-2-7-15(19)14-24-20-12-5-3-10-18(20)21(23)27/h2-13,24H,14H2,1H3,(H2,23,27)(H2,25,26,28). The van der Waals surface area contributed by atoms with Crippen molar-refractivity contribution in [2.45, 2.75) is 6.54 Å². The summed E-state index contributed by atoms with van der Waals surface area (Å²) < 4.78 is 5.16. The number of nitrogens with one attached hydrogen (secondary N) is 3. The highest BCUT2D eigenvalue weighted by atomic mass is 16.5. The summed E-state index contributed by atoms with van der Waals surface area (Å²) in [7, 11) is 1.57. The molecule has 7 heteroatoms. The van der Waals surface area contributed by atoms with E-state index in [1.54, 1.807) is 49.6 Å². The number of primary amides is 1. The Bertz CT molecular complexity index is 1020. The Kier molecular flexibility index (Phi) is 6.32. The first-order valence-electron chi connectivity index (χ1n) is 8.99. The second-order valence-electron chi connectivity index (χ2n) is 6.23. The van der Waals surface area contributed by atoms with Gasteiger partial charge in [0, 0.05) is 29.7 Å². The quantitative estimate of drug-likeness (QED) is 0.488. The SMILES string of the molecule is COc1cccc(NC(=O)Nc2ccccc2CNc2ccccc2C(N)=O)c1. The zero-order valence-corrected chi connectivity index (χ0v) is 15.9. The Morgan fingerprint density at radius 2 is 1.62 bits per heavy atom. The van der Waals surface area contributed by atoms with Gasteiger partial charge in [-0.1, -0.05) is 36.4 Å². The first-order chi connectivity index (χ1) is 14.1. The van der Waals surface area contributed by atoms with Gasteiger partial charge in [0.05, 0.1) is 12.7 Å². The molecule has 29 heavy (non-hydrogen) atoms. The number of hydrogen-bond acceptors (Lipinski definition) is 4. The molecule has 0 spiro atoms. The fraction of sp³-hybridized carbons (Fsp3) is 0.0909. The molecule has 3 aromatic carbocycles. The van der Waals surface area contributed by atoms with E-state index in [9.17, 15) is 9.59 Å². The molecule has 0 saturated heterocycles. The van der Waals surface area contributed by atoms with Gasteiger partial charge in [-0.05, 0) is 35.9 Å². The lowest BCUT2D eigenvalue weighted by Crippen LogP contribution is -2.20. The number of urea groups is 1. The van der Waals surface area contributed by atoms with Crippen molar-refractivity contribution in [1.82, 2.24) is 0 Å². The average molecular weight is 390 g/mol. The maximum absolute atomic E-state index is 12.4. The zero-order valence-electron chi connectivity index (χ0n) is 15.9. The molecule has 0 heterocycles. The lowest BCUT2D eigenvalue weighted by Gasteiger charge is -2.14. The molecule has 0 aliphatic carbocycles. The Morgan fingerprint density at radius 3 is 2.38 bits per heavy atom. The second-order valence-corrected chi connectivity index (χ2v) is 6.23. The van der Waals surface area contributed by atoms with Crippen LogP contribution < -0.4 is 26.4 Å². The topological polar surface area (TPSA) is 105 Å². The monoisotopic (exact) mass is 390 g/mol. The summed E-state index contributed by atoms with van der Waals surface area (Å²) in [4.78, 5) is 24.0. The molecular formula is C22H22N4O3. The van der Waals surface area contributed by atoms with E-state index >= 15 is 0 Å². The van der Waals surface area contributed by atoms with E-state index < -0.39 is 5.91 Å². The number of hydrogen-bond donors (Lipinski definition) is 4. The number of amides is 3. The van der Waals surface area contributed by atoms with E-state index in [2.05, 4.69) is 16.0 Å². The van der Waals surface area contributed by atoms with E-state index in [1.165, 1.54) is 0 Å². The molecule has 0 unspecified atom stereocenters. The van der Waals surface area contributed by atoms with Crippen LogP contribution in [0.3, 0.4) is 0 Å². The van der Waals surface area contributed by atoms with Crippen LogP contribution in [0.15, 0.2) is 72.8 Å². The summed E-state index contributed by atoms with van der Waals surface area (Å²) >= 11 is 0. The van der Waals surface area contributed by atoms with Crippen LogP contribution in [-0.4, -0.2) is 19.0 Å². The number of benzene rings is 3. The highest BCUT2D eigenvalue weighted by molar-refractivity contribution is 6.00. The third-order valence-electron chi connectivity index (χ3n) is 4.25. The zero-order chi connectivity index (χ0) is 20.6. The third-order valence-corrected chi connectivity index (χ3v) is 4.25. The van der Waals surface area contributed by atoms with Crippen molar-refractivity contribution >= 4 is 29.0 Å². The van der Waals surface area contributed by atoms with Crippen LogP contribution in [0.5, 0.6) is 5.75 Å². The van der Waals surface area contributed by atoms with Gasteiger partial charge in [0.25, 0.3) is 5.91 Å². The number of methoxy groups -OCH3 is 1. The van der Waals surface area contributed by atoms with E-state index in [1.807, 2.05) is 30.3 Å². The summed E-state index contributed by atoms with van der Waals surface area (Å²) in [6.45, 7) is 0.403. The maximum Gasteiger partial charge on any atom is 0.323 e. The van der Waals surface area contributed by atoms with Gasteiger partial charge in [-0.2, -0.15) is 0 Å². The van der Waals surface area contributed by atoms with Crippen LogP contribution >= 0.6 is 0 Å². The smallest absolute Gasteiger partial charge is 0.323 e. The van der Waals surface area contributed by atoms with Crippen LogP contribution in [0.4, 0.5) is 21.9 Å². The molecule has 0 atom stereocenters. The molecular weight excluding hydrogens is 368 g/mol. The maximum atomic E-state index is 12.4. The molecule has 148 valence electrons. The molecule has 0 aromatic heterocycles. The van der Waals surface area contributed by atoms with Crippen molar-refractivity contribution in [3.63, 3.8) is 0 Å². The highest BCUT2D eigenvalue weighted by Gasteiger charge is 2.10. The van der Waals surface area contributed by atoms with Gasteiger partial charge in [0.2, 0.25) is 0 Å². The molecule has 3 aromatic rings. The third kappa shape index (κ3) is 5.26. The molecule has 0 fully saturated rings. The molecule has 7 nitrogen and oxygen atoms in total. The minimum Gasteiger partial charge on any atom is -0.497 e. The number of rotatable bonds is 7. The molecule has 5 N–H and O–H groups in total. The van der Waals surface area contributed by atoms with E-state index in [0.29, 0.717) is 34.9 Å². The summed E-state index contributed by atoms with van der Waals surface area (Å²) in [5.74, 6) is 0.151. The highest BCUT2D eigenvalue weighted by Crippen LogP contribution is 2.21. The number of nitrogens with two attached hydrogens (primary N) is 1. The summed E-state index contributed by atoms with van der Waals surface area (Å²) in [6, 6.07) is 21.2. The van der Waals surface area contributed by atoms with Crippen molar-refractivity contribution in [1.29, 1.82) is 0 Å². The fourth-order valence-electron chi connectivity index (χ4n) is 2.82. The van der Waals surface area contributed by atoms with Gasteiger partial charge >= 0.3 is 6.03 Å². The van der Waals surface area contributed by atoms with Crippen molar-refractivity contribution in [3.05, 3.63) is 83.9 Å². The largest absolute Gasteiger partial charge is 0.497 e. The first kappa shape index (κ1) is 19.8. The van der Waals surface area contributed by atoms with Crippen LogP contribution in [0.2, 0.25) is 0 Å². The lowest BCUT2D eigenvalue weighted by molar-refractivity contribution is 0.100. The first-order valence-corrected chi connectivity index (χ1v) is 8.99. The molecule has 0 aliphatic heterocycles. The predicted octanol–water partition coefficient (Wildman–Crippen LogP) is 4.05. The van der Waals surface area contributed by atoms with Gasteiger partial charge < -0.3 is 26.4 Å². The average Bonchev–Trinajstić information content (AvgIpc) is 2.73. The van der Waals surface area contributed by atoms with E-state index in [4.69, 9.17) is 10.5 Å². The van der Waals surface area contributed by atoms with Gasteiger partial charge in [-0.15, -0.1) is 0 Å². The normalized spacial score (nSPS) is 10.1. The second kappa shape index (κ2) is 9.27. The molecule has 3 rings (SSSR count). The van der Waals surface area contributed by atoms with E-state index in [-0.39, 0.29) is 6.03 Å². The van der Waals surface area contributed by atoms with Crippen LogP contribution in [-0.2, 0) is 6.54 Å². The number of ether oxygens (including phenoxy) is 1. The van der Waals surface area contributed by atoms with Crippen molar-refractivity contribution in [3.8, 4) is 5.75 Å². The number of para-hydroxylation sites is 2. The summed E-state index contributed by atoms with van der Waals surface area (Å²) in [5, 5.41) is 8.83. The van der Waals surface area contributed by atoms with Crippen molar-refractivity contribution in [2.24, 2.45) is 5.73 Å². The Labute approximate surface area is 168 Å². The lowest BCUT2D eigenvalue weighted by atomic mass is 10.1. The van der Waals surface area contributed by atoms with Crippen molar-refractivity contribution < 1.29 is 14.3 Å². The van der Waals surface area contributed by atoms with Gasteiger partial charge in [0.15, 0.2) is 0 Å². The van der Waals surface area contributed by atoms with Gasteiger partial charge in [-0.25, -0.2) is 4.79 Å². The molecule has 0 bridgehead atoms. The fourth-order valence-corrected chi connectivity index (χ4v) is 2.82. The van der Waals surface area contributed by atoms with Gasteiger partial charge in [0.1, 0.15) is 5.75 Å². The molecule has 0 radical (unpaired) electrons. The number of anilines is 3. The van der Waals surface area contributed by atoms with Crippen LogP contribution in [0.25, 0.3) is 0 Å². The summed E-state index contributed by atoms with van der Waals surface area (Å²) in [5.41, 5.74) is 8.59. The Morgan fingerprint density at radius 1 is 0.897 bits per heavy atom. The predicted molar refractivity (Wildman–Crippen MR) is 114 cm³/mol. The summed E-state index contributed by atoms with van der Waals surface area (Å²) in [6.07, 6.45) is 0. The molecule has 0 aliphatic rings. The van der Waals surface area contributed by atoms with Crippen molar-refractivity contribution in [2.75, 3.05) is 23.1 Å². The van der Waals surface area contributed by atoms with Crippen LogP contribution in [0.1, 0.15) is 15.9 Å². The molecule has 0 saturated carbocycles. The number of carbonyl (C=O) groups excluding carboxylic acids is 2. The van der Waals surface area contributed by atoms with Gasteiger partial charge in [-0.3, -0.25) is 4.79 Å². The Hall–Kier alpha value is -4.00. The molecule has 3 amide bonds. The minimum atomic E-state index is -0.503. The van der Waals surface area contributed by atoms with Crippen LogP contribution in [0, 0.1) is 0 Å². The number of carbonyl (C=O) groups is 2. The Balaban J connectivity index is 1.69. The van der Waals surface area contributed by atoms with E-state index in [0.717, 1.165) is 5.56 Å².